The minimum absolute atomic E-state index is 0.148. The highest BCUT2D eigenvalue weighted by Gasteiger charge is 2.01. The molecular formula is C15H23NO4. The number of benzene rings is 1. The van der Waals surface area contributed by atoms with E-state index in [0.717, 1.165) is 5.75 Å². The minimum atomic E-state index is -0.792. The number of hydrogen-bond donors (Lipinski definition) is 2. The van der Waals surface area contributed by atoms with Gasteiger partial charge in [-0.2, -0.15) is 0 Å². The Labute approximate surface area is 119 Å². The maximum Gasteiger partial charge on any atom is 0.303 e. The van der Waals surface area contributed by atoms with Crippen molar-refractivity contribution in [1.82, 2.24) is 5.48 Å². The fraction of sp³-hybridized carbons (Fsp3) is 0.533. The number of hydrogen-bond acceptors (Lipinski definition) is 4. The van der Waals surface area contributed by atoms with E-state index in [2.05, 4.69) is 25.4 Å². The smallest absolute Gasteiger partial charge is 0.303 e. The lowest BCUT2D eigenvalue weighted by atomic mass is 10.0. The van der Waals surface area contributed by atoms with Crippen LogP contribution in [0.4, 0.5) is 0 Å². The summed E-state index contributed by atoms with van der Waals surface area (Å²) in [5.74, 6) is 0.525. The highest BCUT2D eigenvalue weighted by Crippen LogP contribution is 2.19. The Bertz CT molecular complexity index is 407. The third kappa shape index (κ3) is 7.11. The van der Waals surface area contributed by atoms with Crippen LogP contribution in [0.5, 0.6) is 5.75 Å². The molecule has 1 aromatic rings. The average molecular weight is 281 g/mol. The van der Waals surface area contributed by atoms with Crippen molar-refractivity contribution in [1.29, 1.82) is 0 Å². The first kappa shape index (κ1) is 16.5. The standard InChI is InChI=1S/C15H23NO4/c1-12(2)13-5-3-6-14(11-13)19-9-10-20-16-8-4-7-15(17)18/h3,5-6,11-12,16H,4,7-10H2,1-2H3,(H,17,18). The summed E-state index contributed by atoms with van der Waals surface area (Å²) >= 11 is 0. The van der Waals surface area contributed by atoms with E-state index >= 15 is 0 Å². The van der Waals surface area contributed by atoms with Crippen LogP contribution in [-0.2, 0) is 9.63 Å². The van der Waals surface area contributed by atoms with Gasteiger partial charge >= 0.3 is 5.97 Å². The van der Waals surface area contributed by atoms with Crippen molar-refractivity contribution in [2.24, 2.45) is 0 Å². The summed E-state index contributed by atoms with van der Waals surface area (Å²) in [5, 5.41) is 8.45. The SMILES string of the molecule is CC(C)c1cccc(OCCONCCCC(=O)O)c1. The highest BCUT2D eigenvalue weighted by molar-refractivity contribution is 5.66. The van der Waals surface area contributed by atoms with Gasteiger partial charge in [-0.3, -0.25) is 9.63 Å². The number of carboxylic acids is 1. The van der Waals surface area contributed by atoms with Gasteiger partial charge in [0, 0.05) is 13.0 Å². The molecule has 0 unspecified atom stereocenters. The van der Waals surface area contributed by atoms with Crippen LogP contribution in [-0.4, -0.2) is 30.8 Å². The molecule has 112 valence electrons. The van der Waals surface area contributed by atoms with E-state index in [4.69, 9.17) is 14.7 Å². The summed E-state index contributed by atoms with van der Waals surface area (Å²) in [6.07, 6.45) is 0.696. The van der Waals surface area contributed by atoms with Crippen LogP contribution in [0, 0.1) is 0 Å². The lowest BCUT2D eigenvalue weighted by Gasteiger charge is -2.10. The molecule has 0 aromatic heterocycles. The Balaban J connectivity index is 2.09. The Morgan fingerprint density at radius 2 is 2.15 bits per heavy atom. The lowest BCUT2D eigenvalue weighted by Crippen LogP contribution is -2.20. The van der Waals surface area contributed by atoms with Gasteiger partial charge in [0.15, 0.2) is 0 Å². The molecule has 0 atom stereocenters. The first-order valence-corrected chi connectivity index (χ1v) is 6.89. The van der Waals surface area contributed by atoms with Crippen molar-refractivity contribution in [3.05, 3.63) is 29.8 Å². The van der Waals surface area contributed by atoms with Crippen molar-refractivity contribution in [3.8, 4) is 5.75 Å². The van der Waals surface area contributed by atoms with Gasteiger partial charge in [-0.1, -0.05) is 26.0 Å². The van der Waals surface area contributed by atoms with Crippen molar-refractivity contribution < 1.29 is 19.5 Å². The van der Waals surface area contributed by atoms with E-state index < -0.39 is 5.97 Å². The molecule has 1 aromatic carbocycles. The third-order valence-electron chi connectivity index (χ3n) is 2.75. The number of ether oxygens (including phenoxy) is 1. The Morgan fingerprint density at radius 3 is 2.85 bits per heavy atom. The van der Waals surface area contributed by atoms with Gasteiger partial charge in [0.1, 0.15) is 19.0 Å². The van der Waals surface area contributed by atoms with E-state index in [9.17, 15) is 4.79 Å². The average Bonchev–Trinajstić information content (AvgIpc) is 2.41. The predicted octanol–water partition coefficient (Wildman–Crippen LogP) is 2.57. The molecule has 0 fully saturated rings. The Hall–Kier alpha value is -1.59. The highest BCUT2D eigenvalue weighted by atomic mass is 16.7. The molecule has 0 bridgehead atoms. The third-order valence-corrected chi connectivity index (χ3v) is 2.75. The number of carbonyl (C=O) groups is 1. The normalized spacial score (nSPS) is 10.8. The molecule has 0 radical (unpaired) electrons. The second kappa shape index (κ2) is 9.34. The molecule has 1 rings (SSSR count). The van der Waals surface area contributed by atoms with Gasteiger partial charge in [-0.25, -0.2) is 5.48 Å². The van der Waals surface area contributed by atoms with Crippen molar-refractivity contribution in [3.63, 3.8) is 0 Å². The van der Waals surface area contributed by atoms with E-state index in [1.165, 1.54) is 5.56 Å². The molecule has 0 heterocycles. The maximum absolute atomic E-state index is 10.3. The van der Waals surface area contributed by atoms with Crippen molar-refractivity contribution >= 4 is 5.97 Å². The van der Waals surface area contributed by atoms with Crippen molar-refractivity contribution in [2.45, 2.75) is 32.6 Å². The van der Waals surface area contributed by atoms with E-state index in [0.29, 0.717) is 32.1 Å². The first-order chi connectivity index (χ1) is 9.59. The molecule has 5 heteroatoms. The molecular weight excluding hydrogens is 258 g/mol. The molecule has 0 aliphatic heterocycles. The van der Waals surface area contributed by atoms with E-state index in [1.54, 1.807) is 0 Å². The molecule has 20 heavy (non-hydrogen) atoms. The maximum atomic E-state index is 10.3. The zero-order chi connectivity index (χ0) is 14.8. The number of carboxylic acid groups (broad SMARTS) is 1. The zero-order valence-corrected chi connectivity index (χ0v) is 12.1. The van der Waals surface area contributed by atoms with Crippen LogP contribution in [0.3, 0.4) is 0 Å². The molecule has 0 saturated carbocycles. The molecule has 0 amide bonds. The number of rotatable bonds is 10. The Kier molecular flexibility index (Phi) is 7.69. The van der Waals surface area contributed by atoms with Crippen LogP contribution in [0.1, 0.15) is 38.2 Å². The molecule has 0 aliphatic carbocycles. The van der Waals surface area contributed by atoms with Crippen LogP contribution >= 0.6 is 0 Å². The summed E-state index contributed by atoms with van der Waals surface area (Å²) in [5.41, 5.74) is 3.96. The van der Waals surface area contributed by atoms with Gasteiger partial charge < -0.3 is 9.84 Å². The van der Waals surface area contributed by atoms with E-state index in [1.807, 2.05) is 18.2 Å². The largest absolute Gasteiger partial charge is 0.491 e. The van der Waals surface area contributed by atoms with Gasteiger partial charge in [-0.05, 0) is 30.0 Å². The van der Waals surface area contributed by atoms with Gasteiger partial charge in [0.2, 0.25) is 0 Å². The van der Waals surface area contributed by atoms with Gasteiger partial charge in [0.05, 0.1) is 0 Å². The summed E-state index contributed by atoms with van der Waals surface area (Å²) in [6, 6.07) is 8.02. The van der Waals surface area contributed by atoms with Crippen LogP contribution in [0.25, 0.3) is 0 Å². The summed E-state index contributed by atoms with van der Waals surface area (Å²) < 4.78 is 5.58. The topological polar surface area (TPSA) is 67.8 Å². The number of aliphatic carboxylic acids is 1. The van der Waals surface area contributed by atoms with Crippen molar-refractivity contribution in [2.75, 3.05) is 19.8 Å². The second-order valence-electron chi connectivity index (χ2n) is 4.82. The van der Waals surface area contributed by atoms with Crippen LogP contribution in [0.15, 0.2) is 24.3 Å². The monoisotopic (exact) mass is 281 g/mol. The minimum Gasteiger partial charge on any atom is -0.491 e. The lowest BCUT2D eigenvalue weighted by molar-refractivity contribution is -0.137. The molecule has 0 saturated heterocycles. The van der Waals surface area contributed by atoms with Gasteiger partial charge in [-0.15, -0.1) is 0 Å². The number of hydroxylamine groups is 1. The second-order valence-corrected chi connectivity index (χ2v) is 4.82. The summed E-state index contributed by atoms with van der Waals surface area (Å²) in [4.78, 5) is 15.4. The fourth-order valence-electron chi connectivity index (χ4n) is 1.62. The first-order valence-electron chi connectivity index (χ1n) is 6.89. The molecule has 2 N–H and O–H groups in total. The summed E-state index contributed by atoms with van der Waals surface area (Å²) in [7, 11) is 0. The summed E-state index contributed by atoms with van der Waals surface area (Å²) in [6.45, 7) is 5.67. The van der Waals surface area contributed by atoms with Crippen LogP contribution in [0.2, 0.25) is 0 Å². The number of nitrogens with one attached hydrogen (secondary N) is 1. The zero-order valence-electron chi connectivity index (χ0n) is 12.1. The molecule has 5 nitrogen and oxygen atoms in total. The van der Waals surface area contributed by atoms with Crippen LogP contribution < -0.4 is 10.2 Å². The molecule has 0 spiro atoms. The predicted molar refractivity (Wildman–Crippen MR) is 76.9 cm³/mol. The quantitative estimate of drug-likeness (QED) is 0.509. The Morgan fingerprint density at radius 1 is 1.35 bits per heavy atom. The molecule has 0 aliphatic rings. The van der Waals surface area contributed by atoms with Gasteiger partial charge in [0.25, 0.3) is 0 Å². The fourth-order valence-corrected chi connectivity index (χ4v) is 1.62. The van der Waals surface area contributed by atoms with E-state index in [-0.39, 0.29) is 6.42 Å².